The molecule has 0 N–H and O–H groups in total. The highest BCUT2D eigenvalue weighted by Gasteiger charge is 2.25. The van der Waals surface area contributed by atoms with Crippen molar-refractivity contribution in [1.29, 1.82) is 0 Å². The summed E-state index contributed by atoms with van der Waals surface area (Å²) in [7, 11) is 1.43. The summed E-state index contributed by atoms with van der Waals surface area (Å²) >= 11 is 1.70. The van der Waals surface area contributed by atoms with E-state index in [4.69, 9.17) is 0 Å². The van der Waals surface area contributed by atoms with Crippen molar-refractivity contribution in [1.82, 2.24) is 9.88 Å². The molecule has 0 aliphatic carbocycles. The Labute approximate surface area is 92.9 Å². The average Bonchev–Trinajstić information content (AvgIpc) is 2.82. The zero-order valence-electron chi connectivity index (χ0n) is 8.68. The van der Waals surface area contributed by atoms with Crippen LogP contribution in [0.4, 0.5) is 4.79 Å². The van der Waals surface area contributed by atoms with Crippen molar-refractivity contribution in [3.8, 4) is 0 Å². The van der Waals surface area contributed by atoms with Crippen LogP contribution < -0.4 is 0 Å². The van der Waals surface area contributed by atoms with Crippen molar-refractivity contribution >= 4 is 17.4 Å². The van der Waals surface area contributed by atoms with E-state index in [2.05, 4.69) is 9.72 Å². The molecule has 0 spiro atoms. The smallest absolute Gasteiger partial charge is 0.409 e. The first-order valence-corrected chi connectivity index (χ1v) is 5.91. The van der Waals surface area contributed by atoms with Crippen LogP contribution in [0.2, 0.25) is 0 Å². The topological polar surface area (TPSA) is 42.4 Å². The van der Waals surface area contributed by atoms with Crippen molar-refractivity contribution < 1.29 is 9.53 Å². The van der Waals surface area contributed by atoms with Crippen LogP contribution in [-0.4, -0.2) is 36.2 Å². The van der Waals surface area contributed by atoms with E-state index in [1.807, 2.05) is 11.6 Å². The van der Waals surface area contributed by atoms with Gasteiger partial charge in [0, 0.05) is 30.6 Å². The highest BCUT2D eigenvalue weighted by Crippen LogP contribution is 2.29. The fourth-order valence-corrected chi connectivity index (χ4v) is 2.69. The molecule has 1 saturated heterocycles. The fraction of sp³-hybridized carbons (Fsp3) is 0.600. The summed E-state index contributed by atoms with van der Waals surface area (Å²) in [5.74, 6) is 0.519. The van der Waals surface area contributed by atoms with Crippen LogP contribution in [0, 0.1) is 0 Å². The minimum atomic E-state index is -0.215. The number of aromatic nitrogens is 1. The number of amides is 1. The van der Waals surface area contributed by atoms with Gasteiger partial charge in [0.1, 0.15) is 0 Å². The monoisotopic (exact) mass is 226 g/mol. The Morgan fingerprint density at radius 1 is 1.60 bits per heavy atom. The minimum absolute atomic E-state index is 0.215. The predicted molar refractivity (Wildman–Crippen MR) is 58.1 cm³/mol. The molecule has 0 radical (unpaired) electrons. The Kier molecular flexibility index (Phi) is 3.20. The number of methoxy groups -OCH3 is 1. The molecule has 1 aliphatic heterocycles. The molecule has 0 saturated carbocycles. The van der Waals surface area contributed by atoms with Crippen LogP contribution in [0.15, 0.2) is 11.6 Å². The first-order valence-electron chi connectivity index (χ1n) is 5.03. The van der Waals surface area contributed by atoms with Gasteiger partial charge in [-0.1, -0.05) is 0 Å². The van der Waals surface area contributed by atoms with Crippen LogP contribution in [-0.2, 0) is 4.74 Å². The average molecular weight is 226 g/mol. The van der Waals surface area contributed by atoms with Gasteiger partial charge in [0.25, 0.3) is 0 Å². The molecular weight excluding hydrogens is 212 g/mol. The molecule has 0 unspecified atom stereocenters. The lowest BCUT2D eigenvalue weighted by Gasteiger charge is -2.29. The molecule has 1 aromatic rings. The number of carbonyl (C=O) groups is 1. The van der Waals surface area contributed by atoms with E-state index in [1.165, 1.54) is 12.1 Å². The van der Waals surface area contributed by atoms with E-state index < -0.39 is 0 Å². The van der Waals surface area contributed by atoms with Crippen molar-refractivity contribution in [2.45, 2.75) is 18.8 Å². The number of nitrogens with zero attached hydrogens (tertiary/aromatic N) is 2. The third-order valence-electron chi connectivity index (χ3n) is 2.73. The largest absolute Gasteiger partial charge is 0.453 e. The van der Waals surface area contributed by atoms with Gasteiger partial charge in [0.05, 0.1) is 12.1 Å². The van der Waals surface area contributed by atoms with Gasteiger partial charge in [-0.05, 0) is 12.8 Å². The molecule has 0 aromatic carbocycles. The SMILES string of the molecule is COC(=O)N1CCC(c2nccs2)CC1. The Hall–Kier alpha value is -1.10. The highest BCUT2D eigenvalue weighted by molar-refractivity contribution is 7.09. The standard InChI is InChI=1S/C10H14N2O2S/c1-14-10(13)12-5-2-8(3-6-12)9-11-4-7-15-9/h4,7-8H,2-3,5-6H2,1H3. The zero-order chi connectivity index (χ0) is 10.7. The second-order valence-corrected chi connectivity index (χ2v) is 4.53. The highest BCUT2D eigenvalue weighted by atomic mass is 32.1. The number of rotatable bonds is 1. The van der Waals surface area contributed by atoms with Crippen molar-refractivity contribution in [2.75, 3.05) is 20.2 Å². The molecule has 2 heterocycles. The normalized spacial score (nSPS) is 17.8. The van der Waals surface area contributed by atoms with E-state index in [0.717, 1.165) is 25.9 Å². The Morgan fingerprint density at radius 3 is 2.87 bits per heavy atom. The molecule has 1 aliphatic rings. The summed E-state index contributed by atoms with van der Waals surface area (Å²) in [6.45, 7) is 1.55. The summed E-state index contributed by atoms with van der Waals surface area (Å²) < 4.78 is 4.69. The van der Waals surface area contributed by atoms with Gasteiger partial charge in [-0.2, -0.15) is 0 Å². The lowest BCUT2D eigenvalue weighted by atomic mass is 9.98. The van der Waals surface area contributed by atoms with Gasteiger partial charge >= 0.3 is 6.09 Å². The summed E-state index contributed by atoms with van der Waals surface area (Å²) in [6.07, 6.45) is 3.60. The molecule has 0 bridgehead atoms. The van der Waals surface area contributed by atoms with E-state index in [-0.39, 0.29) is 6.09 Å². The van der Waals surface area contributed by atoms with Gasteiger partial charge < -0.3 is 9.64 Å². The Morgan fingerprint density at radius 2 is 2.33 bits per heavy atom. The number of carbonyl (C=O) groups excluding carboxylic acids is 1. The Bertz CT molecular complexity index is 318. The summed E-state index contributed by atoms with van der Waals surface area (Å²) in [4.78, 5) is 17.3. The minimum Gasteiger partial charge on any atom is -0.453 e. The first-order chi connectivity index (χ1) is 7.31. The number of likely N-dealkylation sites (tertiary alicyclic amines) is 1. The van der Waals surface area contributed by atoms with Gasteiger partial charge in [-0.3, -0.25) is 0 Å². The number of piperidine rings is 1. The molecule has 4 nitrogen and oxygen atoms in total. The van der Waals surface area contributed by atoms with Crippen LogP contribution in [0.5, 0.6) is 0 Å². The van der Waals surface area contributed by atoms with E-state index in [1.54, 1.807) is 16.2 Å². The molecule has 2 rings (SSSR count). The summed E-state index contributed by atoms with van der Waals surface area (Å²) in [5, 5.41) is 3.20. The zero-order valence-corrected chi connectivity index (χ0v) is 9.50. The van der Waals surface area contributed by atoms with Gasteiger partial charge in [-0.25, -0.2) is 9.78 Å². The van der Waals surface area contributed by atoms with Gasteiger partial charge in [0.15, 0.2) is 0 Å². The van der Waals surface area contributed by atoms with Crippen molar-refractivity contribution in [2.24, 2.45) is 0 Å². The predicted octanol–water partition coefficient (Wildman–Crippen LogP) is 2.09. The first kappa shape index (κ1) is 10.4. The van der Waals surface area contributed by atoms with Crippen LogP contribution in [0.25, 0.3) is 0 Å². The van der Waals surface area contributed by atoms with E-state index >= 15 is 0 Å². The quantitative estimate of drug-likeness (QED) is 0.736. The third kappa shape index (κ3) is 2.28. The molecule has 1 amide bonds. The number of hydrogen-bond donors (Lipinski definition) is 0. The van der Waals surface area contributed by atoms with Crippen LogP contribution >= 0.6 is 11.3 Å². The summed E-state index contributed by atoms with van der Waals surface area (Å²) in [6, 6.07) is 0. The van der Waals surface area contributed by atoms with Crippen LogP contribution in [0.3, 0.4) is 0 Å². The molecular formula is C10H14N2O2S. The second kappa shape index (κ2) is 4.61. The second-order valence-electron chi connectivity index (χ2n) is 3.60. The molecule has 1 fully saturated rings. The maximum Gasteiger partial charge on any atom is 0.409 e. The lowest BCUT2D eigenvalue weighted by Crippen LogP contribution is -2.37. The maximum atomic E-state index is 11.3. The van der Waals surface area contributed by atoms with Gasteiger partial charge in [-0.15, -0.1) is 11.3 Å². The molecule has 82 valence electrons. The molecule has 0 atom stereocenters. The third-order valence-corrected chi connectivity index (χ3v) is 3.67. The Balaban J connectivity index is 1.90. The van der Waals surface area contributed by atoms with E-state index in [9.17, 15) is 4.79 Å². The van der Waals surface area contributed by atoms with Crippen LogP contribution in [0.1, 0.15) is 23.8 Å². The molecule has 15 heavy (non-hydrogen) atoms. The number of hydrogen-bond acceptors (Lipinski definition) is 4. The van der Waals surface area contributed by atoms with Crippen molar-refractivity contribution in [3.05, 3.63) is 16.6 Å². The van der Waals surface area contributed by atoms with Crippen molar-refractivity contribution in [3.63, 3.8) is 0 Å². The number of ether oxygens (including phenoxy) is 1. The molecule has 5 heteroatoms. The summed E-state index contributed by atoms with van der Waals surface area (Å²) in [5.41, 5.74) is 0. The van der Waals surface area contributed by atoms with E-state index in [0.29, 0.717) is 5.92 Å². The maximum absolute atomic E-state index is 11.3. The fourth-order valence-electron chi connectivity index (χ4n) is 1.87. The lowest BCUT2D eigenvalue weighted by molar-refractivity contribution is 0.112. The molecule has 1 aromatic heterocycles. The number of thiazole rings is 1. The van der Waals surface area contributed by atoms with Gasteiger partial charge in [0.2, 0.25) is 0 Å².